The van der Waals surface area contributed by atoms with Crippen LogP contribution in [0.5, 0.6) is 0 Å². The molecule has 1 aliphatic rings. The van der Waals surface area contributed by atoms with E-state index in [2.05, 4.69) is 12.2 Å². The summed E-state index contributed by atoms with van der Waals surface area (Å²) in [5.41, 5.74) is 7.03. The van der Waals surface area contributed by atoms with Gasteiger partial charge >= 0.3 is 5.97 Å². The van der Waals surface area contributed by atoms with Crippen molar-refractivity contribution in [2.45, 2.75) is 25.8 Å². The Kier molecular flexibility index (Phi) is 4.27. The molecule has 1 atom stereocenters. The lowest BCUT2D eigenvalue weighted by molar-refractivity contribution is 0.0622. The zero-order chi connectivity index (χ0) is 13.8. The van der Waals surface area contributed by atoms with Crippen LogP contribution in [0, 0.1) is 5.92 Å². The summed E-state index contributed by atoms with van der Waals surface area (Å²) >= 11 is 0. The van der Waals surface area contributed by atoms with Crippen LogP contribution in [0.1, 0.15) is 30.1 Å². The average molecular weight is 264 g/mol. The Morgan fingerprint density at radius 1 is 1.47 bits per heavy atom. The van der Waals surface area contributed by atoms with Crippen LogP contribution < -0.4 is 11.1 Å². The molecule has 1 aromatic carbocycles. The van der Waals surface area contributed by atoms with Crippen LogP contribution >= 0.6 is 0 Å². The third-order valence-corrected chi connectivity index (χ3v) is 3.65. The molecule has 0 spiro atoms. The zero-order valence-electron chi connectivity index (χ0n) is 11.1. The summed E-state index contributed by atoms with van der Waals surface area (Å²) < 4.78 is 5.35. The Labute approximate surface area is 112 Å². The van der Waals surface area contributed by atoms with E-state index in [9.17, 15) is 4.79 Å². The van der Waals surface area contributed by atoms with Gasteiger partial charge in [-0.15, -0.1) is 0 Å². The molecule has 0 radical (unpaired) electrons. The molecule has 1 aliphatic heterocycles. The maximum Gasteiger partial charge on any atom is 0.337 e. The fourth-order valence-corrected chi connectivity index (χ4v) is 2.44. The molecule has 5 heteroatoms. The van der Waals surface area contributed by atoms with Crippen LogP contribution in [0.15, 0.2) is 18.2 Å². The molecule has 19 heavy (non-hydrogen) atoms. The van der Waals surface area contributed by atoms with E-state index in [0.29, 0.717) is 12.0 Å². The fourth-order valence-electron chi connectivity index (χ4n) is 2.44. The van der Waals surface area contributed by atoms with Crippen molar-refractivity contribution in [1.82, 2.24) is 0 Å². The first-order chi connectivity index (χ1) is 9.08. The highest BCUT2D eigenvalue weighted by atomic mass is 16.5. The smallest absolute Gasteiger partial charge is 0.337 e. The maximum absolute atomic E-state index is 10.9. The molecule has 2 rings (SSSR count). The first-order valence-electron chi connectivity index (χ1n) is 6.55. The van der Waals surface area contributed by atoms with Crippen LogP contribution in [0.2, 0.25) is 0 Å². The molecule has 1 aromatic rings. The summed E-state index contributed by atoms with van der Waals surface area (Å²) in [7, 11) is 0. The predicted molar refractivity (Wildman–Crippen MR) is 74.4 cm³/mol. The summed E-state index contributed by atoms with van der Waals surface area (Å²) in [5, 5.41) is 12.3. The van der Waals surface area contributed by atoms with E-state index in [4.69, 9.17) is 15.6 Å². The summed E-state index contributed by atoms with van der Waals surface area (Å²) in [4.78, 5) is 10.9. The molecule has 1 fully saturated rings. The van der Waals surface area contributed by atoms with Crippen molar-refractivity contribution in [2.24, 2.45) is 5.92 Å². The highest BCUT2D eigenvalue weighted by Crippen LogP contribution is 2.24. The van der Waals surface area contributed by atoms with Crippen molar-refractivity contribution >= 4 is 17.3 Å². The second-order valence-corrected chi connectivity index (χ2v) is 4.99. The third-order valence-electron chi connectivity index (χ3n) is 3.65. The van der Waals surface area contributed by atoms with Gasteiger partial charge in [0.15, 0.2) is 0 Å². The first-order valence-corrected chi connectivity index (χ1v) is 6.55. The van der Waals surface area contributed by atoms with Gasteiger partial charge < -0.3 is 20.9 Å². The number of benzene rings is 1. The molecule has 0 aliphatic carbocycles. The van der Waals surface area contributed by atoms with E-state index in [1.54, 1.807) is 12.1 Å². The lowest BCUT2D eigenvalue weighted by Gasteiger charge is -2.29. The first kappa shape index (κ1) is 13.7. The number of nitrogen functional groups attached to an aromatic ring is 1. The normalized spacial score (nSPS) is 17.9. The van der Waals surface area contributed by atoms with Crippen LogP contribution in [0.25, 0.3) is 0 Å². The van der Waals surface area contributed by atoms with Crippen LogP contribution in [0.4, 0.5) is 11.4 Å². The van der Waals surface area contributed by atoms with Crippen molar-refractivity contribution in [3.05, 3.63) is 23.8 Å². The summed E-state index contributed by atoms with van der Waals surface area (Å²) in [6.07, 6.45) is 2.10. The molecular weight excluding hydrogens is 244 g/mol. The van der Waals surface area contributed by atoms with Gasteiger partial charge in [0.05, 0.1) is 5.56 Å². The van der Waals surface area contributed by atoms with Crippen molar-refractivity contribution in [3.63, 3.8) is 0 Å². The number of hydrogen-bond acceptors (Lipinski definition) is 4. The quantitative estimate of drug-likeness (QED) is 0.726. The highest BCUT2D eigenvalue weighted by molar-refractivity contribution is 5.94. The van der Waals surface area contributed by atoms with E-state index >= 15 is 0 Å². The highest BCUT2D eigenvalue weighted by Gasteiger charge is 2.20. The number of rotatable bonds is 4. The Morgan fingerprint density at radius 3 is 2.74 bits per heavy atom. The Bertz CT molecular complexity index is 456. The summed E-state index contributed by atoms with van der Waals surface area (Å²) in [6, 6.07) is 5.30. The Morgan fingerprint density at radius 2 is 2.16 bits per heavy atom. The lowest BCUT2D eigenvalue weighted by atomic mass is 9.93. The topological polar surface area (TPSA) is 84.6 Å². The SMILES string of the molecule is CC(Nc1ccc(C(=O)O)c(N)c1)C1CCOCC1. The Hall–Kier alpha value is -1.75. The number of ether oxygens (including phenoxy) is 1. The van der Waals surface area contributed by atoms with Gasteiger partial charge in [-0.05, 0) is 43.9 Å². The minimum Gasteiger partial charge on any atom is -0.478 e. The van der Waals surface area contributed by atoms with Gasteiger partial charge in [0.2, 0.25) is 0 Å². The van der Waals surface area contributed by atoms with Gasteiger partial charge in [-0.2, -0.15) is 0 Å². The standard InChI is InChI=1S/C14H20N2O3/c1-9(10-4-6-19-7-5-10)16-11-2-3-12(14(17)18)13(15)8-11/h2-3,8-10,16H,4-7,15H2,1H3,(H,17,18). The molecule has 1 unspecified atom stereocenters. The van der Waals surface area contributed by atoms with Crippen molar-refractivity contribution in [2.75, 3.05) is 24.3 Å². The molecule has 5 nitrogen and oxygen atoms in total. The number of hydrogen-bond donors (Lipinski definition) is 3. The van der Waals surface area contributed by atoms with E-state index in [0.717, 1.165) is 31.7 Å². The maximum atomic E-state index is 10.9. The van der Waals surface area contributed by atoms with E-state index in [-0.39, 0.29) is 11.3 Å². The second kappa shape index (κ2) is 5.93. The largest absolute Gasteiger partial charge is 0.478 e. The minimum absolute atomic E-state index is 0.143. The van der Waals surface area contributed by atoms with E-state index < -0.39 is 5.97 Å². The second-order valence-electron chi connectivity index (χ2n) is 4.99. The average Bonchev–Trinajstić information content (AvgIpc) is 2.39. The number of nitrogens with two attached hydrogens (primary N) is 1. The number of carboxylic acids is 1. The summed E-state index contributed by atoms with van der Waals surface area (Å²) in [6.45, 7) is 3.77. The number of aromatic carboxylic acids is 1. The number of anilines is 2. The predicted octanol–water partition coefficient (Wildman–Crippen LogP) is 2.19. The summed E-state index contributed by atoms with van der Waals surface area (Å²) in [5.74, 6) is -0.421. The van der Waals surface area contributed by atoms with Crippen molar-refractivity contribution in [3.8, 4) is 0 Å². The molecular formula is C14H20N2O3. The molecule has 1 heterocycles. The van der Waals surface area contributed by atoms with Gasteiger partial charge in [0, 0.05) is 30.6 Å². The van der Waals surface area contributed by atoms with Gasteiger partial charge in [-0.25, -0.2) is 4.79 Å². The molecule has 104 valence electrons. The number of carbonyl (C=O) groups is 1. The zero-order valence-corrected chi connectivity index (χ0v) is 11.1. The van der Waals surface area contributed by atoms with Gasteiger partial charge in [0.25, 0.3) is 0 Å². The molecule has 1 saturated heterocycles. The molecule has 0 bridgehead atoms. The number of carboxylic acid groups (broad SMARTS) is 1. The van der Waals surface area contributed by atoms with Crippen LogP contribution in [-0.4, -0.2) is 30.3 Å². The van der Waals surface area contributed by atoms with Gasteiger partial charge in [-0.1, -0.05) is 0 Å². The van der Waals surface area contributed by atoms with Crippen molar-refractivity contribution < 1.29 is 14.6 Å². The third kappa shape index (κ3) is 3.38. The molecule has 0 aromatic heterocycles. The minimum atomic E-state index is -0.999. The lowest BCUT2D eigenvalue weighted by Crippen LogP contribution is -2.31. The van der Waals surface area contributed by atoms with Gasteiger partial charge in [-0.3, -0.25) is 0 Å². The van der Waals surface area contributed by atoms with Crippen LogP contribution in [0.3, 0.4) is 0 Å². The fraction of sp³-hybridized carbons (Fsp3) is 0.500. The van der Waals surface area contributed by atoms with Crippen molar-refractivity contribution in [1.29, 1.82) is 0 Å². The van der Waals surface area contributed by atoms with Gasteiger partial charge in [0.1, 0.15) is 0 Å². The molecule has 0 amide bonds. The Balaban J connectivity index is 2.02. The van der Waals surface area contributed by atoms with E-state index in [1.807, 2.05) is 0 Å². The number of nitrogens with one attached hydrogen (secondary N) is 1. The van der Waals surface area contributed by atoms with Crippen LogP contribution in [-0.2, 0) is 4.74 Å². The molecule has 4 N–H and O–H groups in total. The monoisotopic (exact) mass is 264 g/mol. The van der Waals surface area contributed by atoms with E-state index in [1.165, 1.54) is 6.07 Å². The molecule has 0 saturated carbocycles.